The first-order valence-electron chi connectivity index (χ1n) is 6.31. The molecule has 0 radical (unpaired) electrons. The van der Waals surface area contributed by atoms with E-state index < -0.39 is 0 Å². The van der Waals surface area contributed by atoms with Crippen LogP contribution in [0, 0.1) is 12.3 Å². The number of nitrogens with zero attached hydrogens (tertiary/aromatic N) is 2. The Morgan fingerprint density at radius 3 is 2.71 bits per heavy atom. The van der Waals surface area contributed by atoms with Gasteiger partial charge in [-0.05, 0) is 31.6 Å². The third-order valence-electron chi connectivity index (χ3n) is 3.83. The summed E-state index contributed by atoms with van der Waals surface area (Å²) in [5.74, 6) is 2.24. The minimum atomic E-state index is 0.492. The molecule has 1 aromatic heterocycles. The van der Waals surface area contributed by atoms with Gasteiger partial charge < -0.3 is 10.1 Å². The number of nitrogens with one attached hydrogen (secondary N) is 1. The van der Waals surface area contributed by atoms with Gasteiger partial charge in [0.05, 0.1) is 7.11 Å². The van der Waals surface area contributed by atoms with E-state index in [0.717, 1.165) is 18.2 Å². The van der Waals surface area contributed by atoms with Crippen LogP contribution in [0.5, 0.6) is 5.88 Å². The van der Waals surface area contributed by atoms with Gasteiger partial charge in [-0.2, -0.15) is 4.98 Å². The first-order valence-corrected chi connectivity index (χ1v) is 6.31. The van der Waals surface area contributed by atoms with Crippen LogP contribution >= 0.6 is 0 Å². The summed E-state index contributed by atoms with van der Waals surface area (Å²) in [6.07, 6.45) is 5.26. The zero-order valence-electron chi connectivity index (χ0n) is 10.9. The molecule has 1 aliphatic carbocycles. The highest BCUT2D eigenvalue weighted by Crippen LogP contribution is 2.43. The molecule has 0 amide bonds. The molecule has 4 nitrogen and oxygen atoms in total. The molecule has 0 saturated heterocycles. The Bertz CT molecular complexity index is 383. The molecule has 17 heavy (non-hydrogen) atoms. The molecule has 1 aliphatic rings. The maximum absolute atomic E-state index is 5.14. The molecule has 0 aromatic carbocycles. The van der Waals surface area contributed by atoms with Crippen LogP contribution < -0.4 is 10.1 Å². The summed E-state index contributed by atoms with van der Waals surface area (Å²) in [4.78, 5) is 8.55. The zero-order chi connectivity index (χ0) is 12.3. The van der Waals surface area contributed by atoms with Gasteiger partial charge in [0.25, 0.3) is 0 Å². The smallest absolute Gasteiger partial charge is 0.218 e. The lowest BCUT2D eigenvalue weighted by atomic mass is 9.67. The fourth-order valence-electron chi connectivity index (χ4n) is 2.35. The lowest BCUT2D eigenvalue weighted by molar-refractivity contribution is 0.145. The second-order valence-corrected chi connectivity index (χ2v) is 4.90. The van der Waals surface area contributed by atoms with Crippen molar-refractivity contribution in [1.29, 1.82) is 0 Å². The first kappa shape index (κ1) is 12.1. The molecule has 4 heteroatoms. The van der Waals surface area contributed by atoms with Crippen molar-refractivity contribution in [3.63, 3.8) is 0 Å². The van der Waals surface area contributed by atoms with Crippen molar-refractivity contribution in [3.8, 4) is 5.88 Å². The van der Waals surface area contributed by atoms with Crippen molar-refractivity contribution in [2.75, 3.05) is 19.0 Å². The van der Waals surface area contributed by atoms with E-state index in [-0.39, 0.29) is 0 Å². The highest BCUT2D eigenvalue weighted by Gasteiger charge is 2.34. The molecule has 1 fully saturated rings. The maximum Gasteiger partial charge on any atom is 0.218 e. The molecule has 1 aromatic rings. The molecule has 94 valence electrons. The van der Waals surface area contributed by atoms with Crippen LogP contribution in [0.4, 0.5) is 5.82 Å². The Kier molecular flexibility index (Phi) is 3.50. The molecule has 0 unspecified atom stereocenters. The van der Waals surface area contributed by atoms with Gasteiger partial charge in [-0.25, -0.2) is 4.98 Å². The van der Waals surface area contributed by atoms with Gasteiger partial charge in [0, 0.05) is 12.6 Å². The summed E-state index contributed by atoms with van der Waals surface area (Å²) < 4.78 is 5.14. The Balaban J connectivity index is 2.01. The lowest BCUT2D eigenvalue weighted by Gasteiger charge is -2.41. The van der Waals surface area contributed by atoms with E-state index in [1.165, 1.54) is 25.7 Å². The summed E-state index contributed by atoms with van der Waals surface area (Å²) in [5, 5.41) is 3.42. The summed E-state index contributed by atoms with van der Waals surface area (Å²) >= 11 is 0. The van der Waals surface area contributed by atoms with Crippen molar-refractivity contribution >= 4 is 5.82 Å². The minimum absolute atomic E-state index is 0.492. The molecule has 0 spiro atoms. The third-order valence-corrected chi connectivity index (χ3v) is 3.83. The molecule has 1 heterocycles. The van der Waals surface area contributed by atoms with E-state index in [9.17, 15) is 0 Å². The van der Waals surface area contributed by atoms with Crippen LogP contribution in [0.1, 0.15) is 38.4 Å². The van der Waals surface area contributed by atoms with Crippen molar-refractivity contribution in [2.24, 2.45) is 5.41 Å². The molecule has 0 bridgehead atoms. The van der Waals surface area contributed by atoms with Crippen LogP contribution in [0.15, 0.2) is 6.07 Å². The molecule has 1 saturated carbocycles. The largest absolute Gasteiger partial charge is 0.481 e. The Morgan fingerprint density at radius 2 is 2.18 bits per heavy atom. The SMILES string of the molecule is CCC1(CNc2cc(OC)nc(C)n2)CCC1. The third kappa shape index (κ3) is 2.68. The van der Waals surface area contributed by atoms with Gasteiger partial charge in [0.2, 0.25) is 5.88 Å². The van der Waals surface area contributed by atoms with Crippen LogP contribution in [0.2, 0.25) is 0 Å². The fraction of sp³-hybridized carbons (Fsp3) is 0.692. The first-order chi connectivity index (χ1) is 8.17. The fourth-order valence-corrected chi connectivity index (χ4v) is 2.35. The quantitative estimate of drug-likeness (QED) is 0.852. The van der Waals surface area contributed by atoms with Gasteiger partial charge in [0.1, 0.15) is 11.6 Å². The molecular formula is C13H21N3O. The highest BCUT2D eigenvalue weighted by atomic mass is 16.5. The van der Waals surface area contributed by atoms with Crippen LogP contribution in [-0.2, 0) is 0 Å². The average molecular weight is 235 g/mol. The van der Waals surface area contributed by atoms with E-state index >= 15 is 0 Å². The minimum Gasteiger partial charge on any atom is -0.481 e. The molecule has 2 rings (SSSR count). The Morgan fingerprint density at radius 1 is 1.41 bits per heavy atom. The maximum atomic E-state index is 5.14. The van der Waals surface area contributed by atoms with Gasteiger partial charge in [-0.1, -0.05) is 13.3 Å². The van der Waals surface area contributed by atoms with Gasteiger partial charge in [-0.3, -0.25) is 0 Å². The van der Waals surface area contributed by atoms with Crippen molar-refractivity contribution in [2.45, 2.75) is 39.5 Å². The second kappa shape index (κ2) is 4.90. The summed E-state index contributed by atoms with van der Waals surface area (Å²) in [6.45, 7) is 5.16. The molecular weight excluding hydrogens is 214 g/mol. The standard InChI is InChI=1S/C13H21N3O/c1-4-13(6-5-7-13)9-14-11-8-12(17-3)16-10(2)15-11/h8H,4-7,9H2,1-3H3,(H,14,15,16). The van der Waals surface area contributed by atoms with Crippen LogP contribution in [-0.4, -0.2) is 23.6 Å². The summed E-state index contributed by atoms with van der Waals surface area (Å²) in [6, 6.07) is 1.86. The van der Waals surface area contributed by atoms with Crippen molar-refractivity contribution < 1.29 is 4.74 Å². The number of aryl methyl sites for hydroxylation is 1. The highest BCUT2D eigenvalue weighted by molar-refractivity contribution is 5.38. The predicted molar refractivity (Wildman–Crippen MR) is 68.4 cm³/mol. The number of hydrogen-bond acceptors (Lipinski definition) is 4. The number of ether oxygens (including phenoxy) is 1. The van der Waals surface area contributed by atoms with Crippen LogP contribution in [0.25, 0.3) is 0 Å². The normalized spacial score (nSPS) is 17.4. The predicted octanol–water partition coefficient (Wildman–Crippen LogP) is 2.79. The van der Waals surface area contributed by atoms with Crippen molar-refractivity contribution in [1.82, 2.24) is 9.97 Å². The lowest BCUT2D eigenvalue weighted by Crippen LogP contribution is -2.36. The van der Waals surface area contributed by atoms with E-state index in [4.69, 9.17) is 4.74 Å². The van der Waals surface area contributed by atoms with E-state index in [1.807, 2.05) is 13.0 Å². The average Bonchev–Trinajstić information content (AvgIpc) is 2.27. The second-order valence-electron chi connectivity index (χ2n) is 4.90. The number of anilines is 1. The Hall–Kier alpha value is -1.32. The topological polar surface area (TPSA) is 47.0 Å². The number of methoxy groups -OCH3 is 1. The molecule has 0 atom stereocenters. The molecule has 0 aliphatic heterocycles. The summed E-state index contributed by atoms with van der Waals surface area (Å²) in [5.41, 5.74) is 0.492. The van der Waals surface area contributed by atoms with Crippen molar-refractivity contribution in [3.05, 3.63) is 11.9 Å². The number of hydrogen-bond donors (Lipinski definition) is 1. The molecule has 1 N–H and O–H groups in total. The van der Waals surface area contributed by atoms with Crippen LogP contribution in [0.3, 0.4) is 0 Å². The van der Waals surface area contributed by atoms with Gasteiger partial charge in [-0.15, -0.1) is 0 Å². The number of aromatic nitrogens is 2. The van der Waals surface area contributed by atoms with E-state index in [2.05, 4.69) is 22.2 Å². The van der Waals surface area contributed by atoms with Gasteiger partial charge in [0.15, 0.2) is 0 Å². The monoisotopic (exact) mass is 235 g/mol. The zero-order valence-corrected chi connectivity index (χ0v) is 10.9. The summed E-state index contributed by atoms with van der Waals surface area (Å²) in [7, 11) is 1.63. The number of rotatable bonds is 5. The van der Waals surface area contributed by atoms with E-state index in [1.54, 1.807) is 7.11 Å². The van der Waals surface area contributed by atoms with Gasteiger partial charge >= 0.3 is 0 Å². The van der Waals surface area contributed by atoms with E-state index in [0.29, 0.717) is 11.3 Å². The Labute approximate surface area is 103 Å².